The van der Waals surface area contributed by atoms with E-state index in [0.29, 0.717) is 11.1 Å². The molecule has 0 unspecified atom stereocenters. The summed E-state index contributed by atoms with van der Waals surface area (Å²) in [5, 5.41) is 0. The minimum atomic E-state index is 0.306. The highest BCUT2D eigenvalue weighted by molar-refractivity contribution is 4.87. The fraction of sp³-hybridized carbons (Fsp3) is 1.00. The van der Waals surface area contributed by atoms with Crippen LogP contribution in [0, 0.1) is 5.92 Å². The third kappa shape index (κ3) is 5.44. The molecule has 0 N–H and O–H groups in total. The van der Waals surface area contributed by atoms with E-state index in [4.69, 9.17) is 0 Å². The lowest BCUT2D eigenvalue weighted by Gasteiger charge is -2.45. The molecule has 0 bridgehead atoms. The van der Waals surface area contributed by atoms with Gasteiger partial charge in [0.15, 0.2) is 0 Å². The van der Waals surface area contributed by atoms with Crippen LogP contribution in [0.4, 0.5) is 0 Å². The zero-order valence-corrected chi connectivity index (χ0v) is 16.9. The number of piperazine rings is 1. The van der Waals surface area contributed by atoms with Crippen LogP contribution in [0.5, 0.6) is 0 Å². The summed E-state index contributed by atoms with van der Waals surface area (Å²) in [6.45, 7) is 20.4. The summed E-state index contributed by atoms with van der Waals surface area (Å²) >= 11 is 0. The molecule has 2 rings (SSSR count). The number of hydrogen-bond donors (Lipinski definition) is 0. The molecule has 1 saturated heterocycles. The van der Waals surface area contributed by atoms with E-state index in [0.717, 1.165) is 12.0 Å². The zero-order valence-electron chi connectivity index (χ0n) is 16.9. The molecule has 1 aliphatic heterocycles. The summed E-state index contributed by atoms with van der Waals surface area (Å²) in [5.74, 6) is 0.931. The summed E-state index contributed by atoms with van der Waals surface area (Å²) in [7, 11) is 2.32. The van der Waals surface area contributed by atoms with Crippen LogP contribution < -0.4 is 0 Å². The number of nitrogens with zero attached hydrogens (tertiary/aromatic N) is 3. The molecule has 2 aliphatic rings. The van der Waals surface area contributed by atoms with Crippen LogP contribution in [0.3, 0.4) is 0 Å². The summed E-state index contributed by atoms with van der Waals surface area (Å²) in [4.78, 5) is 7.96. The second kappa shape index (κ2) is 7.41. The lowest BCUT2D eigenvalue weighted by molar-refractivity contribution is 0.0411. The van der Waals surface area contributed by atoms with Crippen molar-refractivity contribution < 1.29 is 0 Å². The molecular formula is C20H41N3. The summed E-state index contributed by atoms with van der Waals surface area (Å²) in [6.07, 6.45) is 5.62. The van der Waals surface area contributed by atoms with E-state index in [2.05, 4.69) is 63.3 Å². The van der Waals surface area contributed by atoms with Gasteiger partial charge in [0.05, 0.1) is 0 Å². The van der Waals surface area contributed by atoms with Gasteiger partial charge < -0.3 is 4.90 Å². The van der Waals surface area contributed by atoms with Crippen LogP contribution in [-0.4, -0.2) is 71.6 Å². The molecule has 0 radical (unpaired) electrons. The van der Waals surface area contributed by atoms with E-state index in [9.17, 15) is 0 Å². The molecule has 0 spiro atoms. The van der Waals surface area contributed by atoms with Gasteiger partial charge in [0.25, 0.3) is 0 Å². The average molecular weight is 324 g/mol. The van der Waals surface area contributed by atoms with Gasteiger partial charge in [-0.15, -0.1) is 0 Å². The Kier molecular flexibility index (Phi) is 6.19. The van der Waals surface area contributed by atoms with Crippen molar-refractivity contribution in [3.63, 3.8) is 0 Å². The van der Waals surface area contributed by atoms with E-state index >= 15 is 0 Å². The summed E-state index contributed by atoms with van der Waals surface area (Å²) in [6, 6.07) is 0.795. The lowest BCUT2D eigenvalue weighted by atomic mass is 9.83. The molecule has 0 aromatic rings. The molecule has 3 heteroatoms. The maximum atomic E-state index is 2.72. The zero-order chi connectivity index (χ0) is 17.3. The van der Waals surface area contributed by atoms with Crippen molar-refractivity contribution in [1.29, 1.82) is 0 Å². The molecule has 0 amide bonds. The molecule has 136 valence electrons. The maximum Gasteiger partial charge on any atom is 0.0126 e. The average Bonchev–Trinajstić information content (AvgIpc) is 2.46. The van der Waals surface area contributed by atoms with Gasteiger partial charge in [0.2, 0.25) is 0 Å². The minimum Gasteiger partial charge on any atom is -0.301 e. The fourth-order valence-electron chi connectivity index (χ4n) is 4.23. The summed E-state index contributed by atoms with van der Waals surface area (Å²) < 4.78 is 0. The van der Waals surface area contributed by atoms with Gasteiger partial charge >= 0.3 is 0 Å². The lowest BCUT2D eigenvalue weighted by Crippen LogP contribution is -2.54. The Bertz CT molecular complexity index is 350. The fourth-order valence-corrected chi connectivity index (χ4v) is 4.23. The Morgan fingerprint density at radius 3 is 1.78 bits per heavy atom. The predicted molar refractivity (Wildman–Crippen MR) is 101 cm³/mol. The first kappa shape index (κ1) is 19.2. The van der Waals surface area contributed by atoms with Gasteiger partial charge in [-0.2, -0.15) is 0 Å². The highest BCUT2D eigenvalue weighted by Crippen LogP contribution is 2.31. The molecule has 1 aliphatic carbocycles. The smallest absolute Gasteiger partial charge is 0.0126 e. The Balaban J connectivity index is 1.71. The first-order valence-corrected chi connectivity index (χ1v) is 9.78. The van der Waals surface area contributed by atoms with Gasteiger partial charge in [-0.25, -0.2) is 0 Å². The van der Waals surface area contributed by atoms with E-state index in [-0.39, 0.29) is 0 Å². The molecule has 0 atom stereocenters. The maximum absolute atomic E-state index is 2.72. The van der Waals surface area contributed by atoms with Crippen molar-refractivity contribution in [2.24, 2.45) is 5.92 Å². The highest BCUT2D eigenvalue weighted by atomic mass is 15.3. The molecule has 1 heterocycles. The van der Waals surface area contributed by atoms with Gasteiger partial charge in [-0.3, -0.25) is 9.80 Å². The Hall–Kier alpha value is -0.120. The van der Waals surface area contributed by atoms with Crippen LogP contribution >= 0.6 is 0 Å². The third-order valence-corrected chi connectivity index (χ3v) is 6.26. The van der Waals surface area contributed by atoms with Crippen molar-refractivity contribution in [3.8, 4) is 0 Å². The second-order valence-corrected chi connectivity index (χ2v) is 9.91. The first-order chi connectivity index (χ1) is 10.6. The molecule has 3 nitrogen and oxygen atoms in total. The van der Waals surface area contributed by atoms with Crippen molar-refractivity contribution in [2.75, 3.05) is 39.8 Å². The Labute approximate surface area is 145 Å². The molecule has 1 saturated carbocycles. The molecule has 0 aromatic carbocycles. The quantitative estimate of drug-likeness (QED) is 0.784. The monoisotopic (exact) mass is 323 g/mol. The Morgan fingerprint density at radius 2 is 1.35 bits per heavy atom. The van der Waals surface area contributed by atoms with Crippen LogP contribution in [-0.2, 0) is 0 Å². The van der Waals surface area contributed by atoms with Crippen LogP contribution in [0.1, 0.15) is 67.2 Å². The van der Waals surface area contributed by atoms with Crippen molar-refractivity contribution in [3.05, 3.63) is 0 Å². The van der Waals surface area contributed by atoms with E-state index in [1.54, 1.807) is 0 Å². The Morgan fingerprint density at radius 1 is 0.826 bits per heavy atom. The van der Waals surface area contributed by atoms with Crippen molar-refractivity contribution >= 4 is 0 Å². The van der Waals surface area contributed by atoms with E-state index in [1.165, 1.54) is 58.4 Å². The van der Waals surface area contributed by atoms with Crippen molar-refractivity contribution in [2.45, 2.75) is 84.3 Å². The molecular weight excluding hydrogens is 282 g/mol. The van der Waals surface area contributed by atoms with E-state index < -0.39 is 0 Å². The third-order valence-electron chi connectivity index (χ3n) is 6.26. The molecule has 0 aromatic heterocycles. The van der Waals surface area contributed by atoms with Crippen LogP contribution in [0.15, 0.2) is 0 Å². The first-order valence-electron chi connectivity index (χ1n) is 9.78. The predicted octanol–water partition coefficient (Wildman–Crippen LogP) is 3.69. The normalized spacial score (nSPS) is 29.2. The standard InChI is InChI=1S/C20H41N3/c1-19(2,3)21(7)18-10-8-17(9-11-18)16-22-12-14-23(15-13-22)20(4,5)6/h17-18H,8-16H2,1-7H3/t17-,18+. The van der Waals surface area contributed by atoms with Crippen LogP contribution in [0.2, 0.25) is 0 Å². The molecule has 2 fully saturated rings. The van der Waals surface area contributed by atoms with Crippen LogP contribution in [0.25, 0.3) is 0 Å². The van der Waals surface area contributed by atoms with Gasteiger partial charge in [0.1, 0.15) is 0 Å². The highest BCUT2D eigenvalue weighted by Gasteiger charge is 2.31. The largest absolute Gasteiger partial charge is 0.301 e. The van der Waals surface area contributed by atoms with E-state index in [1.807, 2.05) is 0 Å². The minimum absolute atomic E-state index is 0.306. The van der Waals surface area contributed by atoms with Crippen molar-refractivity contribution in [1.82, 2.24) is 14.7 Å². The van der Waals surface area contributed by atoms with Gasteiger partial charge in [0, 0.05) is 49.8 Å². The summed E-state index contributed by atoms with van der Waals surface area (Å²) in [5.41, 5.74) is 0.641. The number of rotatable bonds is 3. The molecule has 23 heavy (non-hydrogen) atoms. The topological polar surface area (TPSA) is 9.72 Å². The van der Waals surface area contributed by atoms with Gasteiger partial charge in [-0.1, -0.05) is 0 Å². The number of hydrogen-bond acceptors (Lipinski definition) is 3. The second-order valence-electron chi connectivity index (χ2n) is 9.91. The van der Waals surface area contributed by atoms with Gasteiger partial charge in [-0.05, 0) is 80.2 Å². The SMILES string of the molecule is CN([C@H]1CC[C@@H](CN2CCN(C(C)(C)C)CC2)CC1)C(C)(C)C.